The first kappa shape index (κ1) is 8.93. The lowest BCUT2D eigenvalue weighted by Gasteiger charge is -2.10. The van der Waals surface area contributed by atoms with Gasteiger partial charge in [0.25, 0.3) is 0 Å². The van der Waals surface area contributed by atoms with E-state index in [1.807, 2.05) is 7.05 Å². The van der Waals surface area contributed by atoms with Gasteiger partial charge in [0.05, 0.1) is 0 Å². The molecule has 1 saturated heterocycles. The molecule has 11 heavy (non-hydrogen) atoms. The molecule has 1 heterocycles. The molecule has 0 aromatic carbocycles. The maximum atomic E-state index is 9.18. The molecule has 0 aromatic heterocycles. The molecular formula is C7H15NO3. The first-order valence-electron chi connectivity index (χ1n) is 3.90. The van der Waals surface area contributed by atoms with Crippen LogP contribution in [0.3, 0.4) is 0 Å². The van der Waals surface area contributed by atoms with E-state index in [2.05, 4.69) is 5.32 Å². The molecule has 0 aliphatic carbocycles. The lowest BCUT2D eigenvalue weighted by molar-refractivity contribution is -0.168. The van der Waals surface area contributed by atoms with Gasteiger partial charge in [-0.15, -0.1) is 0 Å². The summed E-state index contributed by atoms with van der Waals surface area (Å²) in [5, 5.41) is 21.1. The molecule has 4 heteroatoms. The first-order valence-corrected chi connectivity index (χ1v) is 3.90. The summed E-state index contributed by atoms with van der Waals surface area (Å²) >= 11 is 0. The smallest absolute Gasteiger partial charge is 0.160 e. The van der Waals surface area contributed by atoms with Crippen molar-refractivity contribution in [2.45, 2.75) is 25.4 Å². The van der Waals surface area contributed by atoms with Crippen LogP contribution in [0, 0.1) is 5.92 Å². The van der Waals surface area contributed by atoms with Crippen LogP contribution in [0.4, 0.5) is 0 Å². The van der Waals surface area contributed by atoms with E-state index in [0.717, 1.165) is 13.0 Å². The molecule has 0 radical (unpaired) electrons. The summed E-state index contributed by atoms with van der Waals surface area (Å²) in [6, 6.07) is 0. The second kappa shape index (κ2) is 4.01. The largest absolute Gasteiger partial charge is 0.368 e. The predicted molar refractivity (Wildman–Crippen MR) is 39.7 cm³/mol. The van der Waals surface area contributed by atoms with Gasteiger partial charge < -0.3 is 20.3 Å². The number of ether oxygens (including phenoxy) is 1. The minimum absolute atomic E-state index is 0.0810. The summed E-state index contributed by atoms with van der Waals surface area (Å²) in [7, 11) is 1.86. The zero-order valence-corrected chi connectivity index (χ0v) is 6.66. The number of hydrogen-bond acceptors (Lipinski definition) is 4. The average Bonchev–Trinajstić information content (AvgIpc) is 2.26. The first-order chi connectivity index (χ1) is 5.24. The van der Waals surface area contributed by atoms with E-state index >= 15 is 0 Å². The molecule has 3 N–H and O–H groups in total. The Morgan fingerprint density at radius 2 is 2.27 bits per heavy atom. The van der Waals surface area contributed by atoms with Crippen LogP contribution in [0.2, 0.25) is 0 Å². The fourth-order valence-corrected chi connectivity index (χ4v) is 1.29. The van der Waals surface area contributed by atoms with Crippen LogP contribution < -0.4 is 5.32 Å². The Bertz CT molecular complexity index is 120. The summed E-state index contributed by atoms with van der Waals surface area (Å²) in [4.78, 5) is 0. The number of aliphatic hydroxyl groups excluding tert-OH is 2. The zero-order valence-electron chi connectivity index (χ0n) is 6.66. The molecule has 1 rings (SSSR count). The third kappa shape index (κ3) is 2.41. The number of nitrogens with one attached hydrogen (secondary N) is 1. The molecule has 3 unspecified atom stereocenters. The van der Waals surface area contributed by atoms with Gasteiger partial charge in [-0.1, -0.05) is 0 Å². The van der Waals surface area contributed by atoms with Crippen LogP contribution in [-0.4, -0.2) is 36.4 Å². The van der Waals surface area contributed by atoms with Crippen molar-refractivity contribution in [1.29, 1.82) is 0 Å². The Morgan fingerprint density at radius 3 is 2.73 bits per heavy atom. The second-order valence-electron chi connectivity index (χ2n) is 2.87. The summed E-state index contributed by atoms with van der Waals surface area (Å²) in [5.41, 5.74) is 0. The van der Waals surface area contributed by atoms with Crippen molar-refractivity contribution in [3.05, 3.63) is 0 Å². The maximum Gasteiger partial charge on any atom is 0.160 e. The molecule has 66 valence electrons. The fraction of sp³-hybridized carbons (Fsp3) is 1.00. The highest BCUT2D eigenvalue weighted by atomic mass is 16.7. The van der Waals surface area contributed by atoms with Crippen LogP contribution in [0.5, 0.6) is 0 Å². The quantitative estimate of drug-likeness (QED) is 0.510. The van der Waals surface area contributed by atoms with Crippen LogP contribution in [0.25, 0.3) is 0 Å². The normalized spacial score (nSPS) is 37.9. The summed E-state index contributed by atoms with van der Waals surface area (Å²) in [5.74, 6) is 0.0810. The van der Waals surface area contributed by atoms with E-state index in [1.54, 1.807) is 0 Å². The van der Waals surface area contributed by atoms with Gasteiger partial charge in [-0.25, -0.2) is 0 Å². The van der Waals surface area contributed by atoms with Crippen LogP contribution in [-0.2, 0) is 4.74 Å². The number of aliphatic hydroxyl groups is 2. The van der Waals surface area contributed by atoms with E-state index in [4.69, 9.17) is 9.84 Å². The van der Waals surface area contributed by atoms with Gasteiger partial charge in [0.1, 0.15) is 0 Å². The highest BCUT2D eigenvalue weighted by Gasteiger charge is 2.31. The highest BCUT2D eigenvalue weighted by molar-refractivity contribution is 4.71. The van der Waals surface area contributed by atoms with Gasteiger partial charge in [0.15, 0.2) is 12.6 Å². The Hall–Kier alpha value is -0.160. The number of hydrogen-bond donors (Lipinski definition) is 3. The molecule has 4 nitrogen and oxygen atoms in total. The van der Waals surface area contributed by atoms with Crippen molar-refractivity contribution in [2.24, 2.45) is 5.92 Å². The van der Waals surface area contributed by atoms with Gasteiger partial charge in [-0.05, 0) is 20.0 Å². The summed E-state index contributed by atoms with van der Waals surface area (Å²) in [6.07, 6.45) is -0.164. The van der Waals surface area contributed by atoms with Gasteiger partial charge in [-0.2, -0.15) is 0 Å². The molecule has 1 aliphatic rings. The zero-order chi connectivity index (χ0) is 8.27. The molecule has 0 saturated carbocycles. The minimum atomic E-state index is -0.779. The third-order valence-corrected chi connectivity index (χ3v) is 1.97. The average molecular weight is 161 g/mol. The van der Waals surface area contributed by atoms with Crippen molar-refractivity contribution in [3.63, 3.8) is 0 Å². The SMILES string of the molecule is CNCCC1CC(O)OC1O. The maximum absolute atomic E-state index is 9.18. The minimum Gasteiger partial charge on any atom is -0.368 e. The lowest BCUT2D eigenvalue weighted by atomic mass is 10.0. The van der Waals surface area contributed by atoms with Gasteiger partial charge >= 0.3 is 0 Å². The van der Waals surface area contributed by atoms with Crippen molar-refractivity contribution < 1.29 is 14.9 Å². The van der Waals surface area contributed by atoms with E-state index in [9.17, 15) is 5.11 Å². The Kier molecular flexibility index (Phi) is 3.26. The Labute approximate surface area is 66.2 Å². The third-order valence-electron chi connectivity index (χ3n) is 1.97. The number of rotatable bonds is 3. The monoisotopic (exact) mass is 161 g/mol. The van der Waals surface area contributed by atoms with Gasteiger partial charge in [-0.3, -0.25) is 0 Å². The standard InChI is InChI=1S/C7H15NO3/c1-8-3-2-5-4-6(9)11-7(5)10/h5-10H,2-4H2,1H3. The van der Waals surface area contributed by atoms with E-state index in [1.165, 1.54) is 0 Å². The molecule has 1 fully saturated rings. The lowest BCUT2D eigenvalue weighted by Crippen LogP contribution is -2.20. The Balaban J connectivity index is 2.23. The Morgan fingerprint density at radius 1 is 1.55 bits per heavy atom. The molecule has 1 aliphatic heterocycles. The van der Waals surface area contributed by atoms with E-state index in [-0.39, 0.29) is 5.92 Å². The van der Waals surface area contributed by atoms with E-state index < -0.39 is 12.6 Å². The van der Waals surface area contributed by atoms with Crippen LogP contribution in [0.1, 0.15) is 12.8 Å². The van der Waals surface area contributed by atoms with Crippen molar-refractivity contribution in [3.8, 4) is 0 Å². The molecule has 0 aromatic rings. The van der Waals surface area contributed by atoms with Crippen LogP contribution >= 0.6 is 0 Å². The fourth-order valence-electron chi connectivity index (χ4n) is 1.29. The predicted octanol–water partition coefficient (Wildman–Crippen LogP) is -0.731. The van der Waals surface area contributed by atoms with Gasteiger partial charge in [0.2, 0.25) is 0 Å². The topological polar surface area (TPSA) is 61.7 Å². The van der Waals surface area contributed by atoms with E-state index in [0.29, 0.717) is 6.42 Å². The molecular weight excluding hydrogens is 146 g/mol. The van der Waals surface area contributed by atoms with Gasteiger partial charge in [0, 0.05) is 12.3 Å². The highest BCUT2D eigenvalue weighted by Crippen LogP contribution is 2.25. The van der Waals surface area contributed by atoms with Crippen molar-refractivity contribution in [1.82, 2.24) is 5.32 Å². The molecule has 0 spiro atoms. The van der Waals surface area contributed by atoms with Crippen molar-refractivity contribution >= 4 is 0 Å². The molecule has 0 bridgehead atoms. The van der Waals surface area contributed by atoms with Crippen LogP contribution in [0.15, 0.2) is 0 Å². The summed E-state index contributed by atoms with van der Waals surface area (Å²) in [6.45, 7) is 0.845. The molecule has 0 amide bonds. The molecule has 3 atom stereocenters. The van der Waals surface area contributed by atoms with Crippen molar-refractivity contribution in [2.75, 3.05) is 13.6 Å². The second-order valence-corrected chi connectivity index (χ2v) is 2.87. The summed E-state index contributed by atoms with van der Waals surface area (Å²) < 4.78 is 4.75.